The first kappa shape index (κ1) is 7.07. The lowest BCUT2D eigenvalue weighted by Crippen LogP contribution is -1.74. The van der Waals surface area contributed by atoms with Crippen LogP contribution in [0.5, 0.6) is 0 Å². The summed E-state index contributed by atoms with van der Waals surface area (Å²) in [5, 5.41) is 2.87. The van der Waals surface area contributed by atoms with Gasteiger partial charge in [-0.25, -0.2) is 0 Å². The zero-order valence-corrected chi connectivity index (χ0v) is 7.54. The molecular weight excluding hydrogens is 178 g/mol. The molecule has 2 rings (SSSR count). The topological polar surface area (TPSA) is 12.9 Å². The third kappa shape index (κ3) is 1.03. The van der Waals surface area contributed by atoms with E-state index in [0.29, 0.717) is 0 Å². The van der Waals surface area contributed by atoms with Gasteiger partial charge in [-0.1, -0.05) is 11.6 Å². The molecule has 0 aliphatic rings. The Kier molecular flexibility index (Phi) is 1.59. The standard InChI is InChI=1S/C8H6ClNS/c1-5-4-11-8-6(9)2-3-10-7(5)8/h2-4H,1H3. The Morgan fingerprint density at radius 2 is 2.36 bits per heavy atom. The minimum atomic E-state index is 0.799. The van der Waals surface area contributed by atoms with Crippen molar-refractivity contribution < 1.29 is 0 Å². The monoisotopic (exact) mass is 183 g/mol. The number of halogens is 1. The molecule has 0 spiro atoms. The molecule has 0 aromatic carbocycles. The normalized spacial score (nSPS) is 10.7. The van der Waals surface area contributed by atoms with Gasteiger partial charge < -0.3 is 0 Å². The number of nitrogens with zero attached hydrogens (tertiary/aromatic N) is 1. The summed E-state index contributed by atoms with van der Waals surface area (Å²) in [7, 11) is 0. The van der Waals surface area contributed by atoms with Crippen molar-refractivity contribution >= 4 is 33.2 Å². The number of fused-ring (bicyclic) bond motifs is 1. The van der Waals surface area contributed by atoms with Gasteiger partial charge in [0.1, 0.15) is 0 Å². The molecule has 0 aliphatic carbocycles. The smallest absolute Gasteiger partial charge is 0.0853 e. The number of hydrogen-bond donors (Lipinski definition) is 0. The summed E-state index contributed by atoms with van der Waals surface area (Å²) in [6.07, 6.45) is 1.74. The van der Waals surface area contributed by atoms with E-state index >= 15 is 0 Å². The van der Waals surface area contributed by atoms with Gasteiger partial charge in [0.25, 0.3) is 0 Å². The van der Waals surface area contributed by atoms with Crippen LogP contribution in [0.25, 0.3) is 10.2 Å². The molecule has 2 aromatic heterocycles. The summed E-state index contributed by atoms with van der Waals surface area (Å²) in [5.74, 6) is 0. The van der Waals surface area contributed by atoms with E-state index in [0.717, 1.165) is 15.2 Å². The van der Waals surface area contributed by atoms with Gasteiger partial charge in [0, 0.05) is 6.20 Å². The van der Waals surface area contributed by atoms with Crippen LogP contribution in [0.3, 0.4) is 0 Å². The first-order valence-electron chi connectivity index (χ1n) is 3.27. The highest BCUT2D eigenvalue weighted by molar-refractivity contribution is 7.18. The number of aryl methyl sites for hydroxylation is 1. The summed E-state index contributed by atoms with van der Waals surface area (Å²) in [4.78, 5) is 4.23. The van der Waals surface area contributed by atoms with Crippen LogP contribution in [-0.2, 0) is 0 Å². The van der Waals surface area contributed by atoms with Crippen LogP contribution in [0.15, 0.2) is 17.6 Å². The van der Waals surface area contributed by atoms with Gasteiger partial charge in [-0.3, -0.25) is 4.98 Å². The van der Waals surface area contributed by atoms with Crippen LogP contribution >= 0.6 is 22.9 Å². The van der Waals surface area contributed by atoms with E-state index in [1.165, 1.54) is 5.56 Å². The molecule has 0 atom stereocenters. The lowest BCUT2D eigenvalue weighted by molar-refractivity contribution is 1.39. The van der Waals surface area contributed by atoms with Gasteiger partial charge in [-0.2, -0.15) is 0 Å². The average Bonchev–Trinajstić information content (AvgIpc) is 2.35. The molecule has 0 amide bonds. The molecule has 0 N–H and O–H groups in total. The van der Waals surface area contributed by atoms with Gasteiger partial charge in [-0.05, 0) is 23.9 Å². The second-order valence-electron chi connectivity index (χ2n) is 2.39. The van der Waals surface area contributed by atoms with E-state index in [9.17, 15) is 0 Å². The van der Waals surface area contributed by atoms with E-state index in [2.05, 4.69) is 10.4 Å². The molecule has 0 fully saturated rings. The Balaban J connectivity index is 2.94. The molecule has 11 heavy (non-hydrogen) atoms. The summed E-state index contributed by atoms with van der Waals surface area (Å²) in [5.41, 5.74) is 2.23. The third-order valence-corrected chi connectivity index (χ3v) is 3.13. The quantitative estimate of drug-likeness (QED) is 0.611. The van der Waals surface area contributed by atoms with E-state index < -0.39 is 0 Å². The highest BCUT2D eigenvalue weighted by Crippen LogP contribution is 2.29. The predicted octanol–water partition coefficient (Wildman–Crippen LogP) is 3.26. The molecule has 1 nitrogen and oxygen atoms in total. The molecule has 0 unspecified atom stereocenters. The van der Waals surface area contributed by atoms with Crippen LogP contribution in [-0.4, -0.2) is 4.98 Å². The zero-order valence-electron chi connectivity index (χ0n) is 5.97. The SMILES string of the molecule is Cc1csc2c(Cl)ccnc12. The van der Waals surface area contributed by atoms with Gasteiger partial charge in [0.05, 0.1) is 15.2 Å². The van der Waals surface area contributed by atoms with Gasteiger partial charge in [0.2, 0.25) is 0 Å². The minimum Gasteiger partial charge on any atom is -0.255 e. The van der Waals surface area contributed by atoms with Gasteiger partial charge in [-0.15, -0.1) is 11.3 Å². The second kappa shape index (κ2) is 2.47. The molecule has 0 saturated heterocycles. The van der Waals surface area contributed by atoms with Crippen molar-refractivity contribution in [3.8, 4) is 0 Å². The van der Waals surface area contributed by atoms with Crippen molar-refractivity contribution in [1.29, 1.82) is 0 Å². The fraction of sp³-hybridized carbons (Fsp3) is 0.125. The molecule has 3 heteroatoms. The molecule has 0 saturated carbocycles. The maximum Gasteiger partial charge on any atom is 0.0853 e. The maximum atomic E-state index is 5.94. The Bertz CT molecular complexity index is 394. The molecular formula is C8H6ClNS. The first-order chi connectivity index (χ1) is 5.29. The Labute approximate surface area is 73.6 Å². The third-order valence-electron chi connectivity index (χ3n) is 1.58. The molecule has 0 radical (unpaired) electrons. The van der Waals surface area contributed by atoms with Gasteiger partial charge in [0.15, 0.2) is 0 Å². The average molecular weight is 184 g/mol. The van der Waals surface area contributed by atoms with Crippen molar-refractivity contribution in [2.45, 2.75) is 6.92 Å². The van der Waals surface area contributed by atoms with Crippen molar-refractivity contribution in [3.05, 3.63) is 28.2 Å². The summed E-state index contributed by atoms with van der Waals surface area (Å²) in [6, 6.07) is 1.82. The number of hydrogen-bond acceptors (Lipinski definition) is 2. The molecule has 2 aromatic rings. The Hall–Kier alpha value is -0.600. The number of aromatic nitrogens is 1. The fourth-order valence-corrected chi connectivity index (χ4v) is 2.21. The van der Waals surface area contributed by atoms with Crippen molar-refractivity contribution in [2.24, 2.45) is 0 Å². The Morgan fingerprint density at radius 1 is 1.55 bits per heavy atom. The molecule has 0 aliphatic heterocycles. The Morgan fingerprint density at radius 3 is 3.09 bits per heavy atom. The second-order valence-corrected chi connectivity index (χ2v) is 3.68. The molecule has 0 bridgehead atoms. The zero-order chi connectivity index (χ0) is 7.84. The lowest BCUT2D eigenvalue weighted by atomic mass is 10.3. The number of pyridine rings is 1. The van der Waals surface area contributed by atoms with Crippen molar-refractivity contribution in [2.75, 3.05) is 0 Å². The number of rotatable bonds is 0. The summed E-state index contributed by atoms with van der Waals surface area (Å²) >= 11 is 7.59. The van der Waals surface area contributed by atoms with Crippen LogP contribution in [0, 0.1) is 6.92 Å². The fourth-order valence-electron chi connectivity index (χ4n) is 1.02. The molecule has 2 heterocycles. The van der Waals surface area contributed by atoms with E-state index in [1.807, 2.05) is 13.0 Å². The van der Waals surface area contributed by atoms with E-state index in [-0.39, 0.29) is 0 Å². The highest BCUT2D eigenvalue weighted by Gasteiger charge is 2.03. The minimum absolute atomic E-state index is 0.799. The van der Waals surface area contributed by atoms with E-state index in [1.54, 1.807) is 17.5 Å². The highest BCUT2D eigenvalue weighted by atomic mass is 35.5. The van der Waals surface area contributed by atoms with Crippen LogP contribution in [0.4, 0.5) is 0 Å². The van der Waals surface area contributed by atoms with Crippen LogP contribution in [0.2, 0.25) is 5.02 Å². The maximum absolute atomic E-state index is 5.94. The van der Waals surface area contributed by atoms with Crippen molar-refractivity contribution in [3.63, 3.8) is 0 Å². The van der Waals surface area contributed by atoms with E-state index in [4.69, 9.17) is 11.6 Å². The van der Waals surface area contributed by atoms with Crippen LogP contribution in [0.1, 0.15) is 5.56 Å². The number of thiophene rings is 1. The first-order valence-corrected chi connectivity index (χ1v) is 4.53. The summed E-state index contributed by atoms with van der Waals surface area (Å²) in [6.45, 7) is 2.04. The largest absolute Gasteiger partial charge is 0.255 e. The summed E-state index contributed by atoms with van der Waals surface area (Å²) < 4.78 is 1.09. The lowest BCUT2D eigenvalue weighted by Gasteiger charge is -1.91. The molecule has 56 valence electrons. The predicted molar refractivity (Wildman–Crippen MR) is 49.4 cm³/mol. The van der Waals surface area contributed by atoms with Crippen molar-refractivity contribution in [1.82, 2.24) is 4.98 Å². The van der Waals surface area contributed by atoms with Crippen LogP contribution < -0.4 is 0 Å². The van der Waals surface area contributed by atoms with Gasteiger partial charge >= 0.3 is 0 Å².